The summed E-state index contributed by atoms with van der Waals surface area (Å²) in [6.07, 6.45) is 10.3. The van der Waals surface area contributed by atoms with Crippen LogP contribution in [0.4, 0.5) is 0 Å². The molecule has 0 saturated heterocycles. The van der Waals surface area contributed by atoms with Gasteiger partial charge in [-0.2, -0.15) is 0 Å². The third kappa shape index (κ3) is 4.86. The van der Waals surface area contributed by atoms with E-state index in [2.05, 4.69) is 21.7 Å². The van der Waals surface area contributed by atoms with E-state index in [0.29, 0.717) is 0 Å². The number of guanidine groups is 1. The first-order chi connectivity index (χ1) is 7.36. The molecule has 3 nitrogen and oxygen atoms in total. The number of allylic oxidation sites excluding steroid dienone is 1. The van der Waals surface area contributed by atoms with Crippen molar-refractivity contribution >= 4 is 5.96 Å². The number of nitrogens with zero attached hydrogens (tertiary/aromatic N) is 1. The average molecular weight is 209 g/mol. The van der Waals surface area contributed by atoms with Crippen LogP contribution in [0.3, 0.4) is 0 Å². The highest BCUT2D eigenvalue weighted by atomic mass is 15.1. The molecular weight excluding hydrogens is 186 g/mol. The summed E-state index contributed by atoms with van der Waals surface area (Å²) in [4.78, 5) is 4.08. The first kappa shape index (κ1) is 12.1. The molecule has 0 radical (unpaired) electrons. The number of rotatable bonds is 3. The Kier molecular flexibility index (Phi) is 5.90. The first-order valence-electron chi connectivity index (χ1n) is 5.93. The van der Waals surface area contributed by atoms with E-state index in [4.69, 9.17) is 0 Å². The first-order valence-corrected chi connectivity index (χ1v) is 5.93. The fourth-order valence-corrected chi connectivity index (χ4v) is 1.93. The minimum Gasteiger partial charge on any atom is -0.359 e. The molecule has 0 fully saturated rings. The summed E-state index contributed by atoms with van der Waals surface area (Å²) in [5.74, 6) is 0.879. The number of hydrogen-bond donors (Lipinski definition) is 2. The number of hydrogen-bond acceptors (Lipinski definition) is 1. The molecule has 15 heavy (non-hydrogen) atoms. The molecule has 0 bridgehead atoms. The Morgan fingerprint density at radius 2 is 2.27 bits per heavy atom. The van der Waals surface area contributed by atoms with Gasteiger partial charge in [0.25, 0.3) is 0 Å². The molecule has 1 rings (SSSR count). The lowest BCUT2D eigenvalue weighted by atomic mass is 10.1. The van der Waals surface area contributed by atoms with E-state index in [1.165, 1.54) is 32.1 Å². The Labute approximate surface area is 93.1 Å². The van der Waals surface area contributed by atoms with Crippen LogP contribution in [0.1, 0.15) is 38.5 Å². The standard InChI is InChI=1S/C12H23N3/c1-13-12(14-2)15-10-9-11-7-5-3-4-6-8-11/h7H,3-6,8-10H2,1-2H3,(H2,13,14,15). The summed E-state index contributed by atoms with van der Waals surface area (Å²) in [6.45, 7) is 0.985. The van der Waals surface area contributed by atoms with Crippen molar-refractivity contribution in [2.24, 2.45) is 4.99 Å². The van der Waals surface area contributed by atoms with Crippen LogP contribution in [-0.4, -0.2) is 26.6 Å². The fourth-order valence-electron chi connectivity index (χ4n) is 1.93. The van der Waals surface area contributed by atoms with Crippen LogP contribution in [0.2, 0.25) is 0 Å². The third-order valence-electron chi connectivity index (χ3n) is 2.83. The highest BCUT2D eigenvalue weighted by Gasteiger charge is 2.02. The summed E-state index contributed by atoms with van der Waals surface area (Å²) in [5, 5.41) is 6.31. The molecule has 0 aliphatic heterocycles. The lowest BCUT2D eigenvalue weighted by Gasteiger charge is -2.09. The Hall–Kier alpha value is -0.990. The SMILES string of the molecule is CN=C(NC)NCCC1=CCCCCC1. The van der Waals surface area contributed by atoms with E-state index in [-0.39, 0.29) is 0 Å². The predicted octanol–water partition coefficient (Wildman–Crippen LogP) is 2.06. The largest absolute Gasteiger partial charge is 0.359 e. The van der Waals surface area contributed by atoms with Crippen molar-refractivity contribution in [3.63, 3.8) is 0 Å². The Balaban J connectivity index is 2.21. The number of nitrogens with one attached hydrogen (secondary N) is 2. The summed E-state index contributed by atoms with van der Waals surface area (Å²) in [6, 6.07) is 0. The monoisotopic (exact) mass is 209 g/mol. The summed E-state index contributed by atoms with van der Waals surface area (Å²) in [5.41, 5.74) is 1.62. The molecule has 0 aromatic rings. The van der Waals surface area contributed by atoms with Crippen molar-refractivity contribution in [1.82, 2.24) is 10.6 Å². The van der Waals surface area contributed by atoms with Gasteiger partial charge in [0.2, 0.25) is 0 Å². The fraction of sp³-hybridized carbons (Fsp3) is 0.750. The van der Waals surface area contributed by atoms with Crippen molar-refractivity contribution in [2.75, 3.05) is 20.6 Å². The van der Waals surface area contributed by atoms with Gasteiger partial charge in [-0.05, 0) is 32.1 Å². The molecule has 1 aliphatic rings. The van der Waals surface area contributed by atoms with Crippen molar-refractivity contribution in [3.05, 3.63) is 11.6 Å². The van der Waals surface area contributed by atoms with Crippen LogP contribution in [0.25, 0.3) is 0 Å². The summed E-state index contributed by atoms with van der Waals surface area (Å²) >= 11 is 0. The van der Waals surface area contributed by atoms with Gasteiger partial charge in [-0.3, -0.25) is 4.99 Å². The minimum atomic E-state index is 0.879. The maximum atomic E-state index is 4.08. The van der Waals surface area contributed by atoms with Gasteiger partial charge in [0, 0.05) is 20.6 Å². The normalized spacial score (nSPS) is 18.0. The third-order valence-corrected chi connectivity index (χ3v) is 2.83. The molecule has 0 amide bonds. The van der Waals surface area contributed by atoms with E-state index < -0.39 is 0 Å². The van der Waals surface area contributed by atoms with Gasteiger partial charge in [-0.15, -0.1) is 0 Å². The topological polar surface area (TPSA) is 36.4 Å². The van der Waals surface area contributed by atoms with E-state index in [1.54, 1.807) is 12.6 Å². The second-order valence-corrected chi connectivity index (χ2v) is 3.96. The van der Waals surface area contributed by atoms with Crippen LogP contribution in [0, 0.1) is 0 Å². The molecule has 0 saturated carbocycles. The molecule has 86 valence electrons. The summed E-state index contributed by atoms with van der Waals surface area (Å²) in [7, 11) is 3.68. The highest BCUT2D eigenvalue weighted by Crippen LogP contribution is 2.18. The van der Waals surface area contributed by atoms with E-state index >= 15 is 0 Å². The lowest BCUT2D eigenvalue weighted by Crippen LogP contribution is -2.35. The predicted molar refractivity (Wildman–Crippen MR) is 66.2 cm³/mol. The molecule has 0 heterocycles. The Bertz CT molecular complexity index is 231. The second kappa shape index (κ2) is 7.32. The Morgan fingerprint density at radius 3 is 3.00 bits per heavy atom. The van der Waals surface area contributed by atoms with Crippen LogP contribution in [-0.2, 0) is 0 Å². The van der Waals surface area contributed by atoms with E-state index in [1.807, 2.05) is 7.05 Å². The quantitative estimate of drug-likeness (QED) is 0.424. The van der Waals surface area contributed by atoms with Gasteiger partial charge in [0.15, 0.2) is 5.96 Å². The molecular formula is C12H23N3. The van der Waals surface area contributed by atoms with E-state index in [9.17, 15) is 0 Å². The Morgan fingerprint density at radius 1 is 1.40 bits per heavy atom. The zero-order valence-electron chi connectivity index (χ0n) is 9.97. The molecule has 0 unspecified atom stereocenters. The van der Waals surface area contributed by atoms with Crippen LogP contribution < -0.4 is 10.6 Å². The van der Waals surface area contributed by atoms with Crippen LogP contribution >= 0.6 is 0 Å². The van der Waals surface area contributed by atoms with Crippen molar-refractivity contribution in [1.29, 1.82) is 0 Å². The lowest BCUT2D eigenvalue weighted by molar-refractivity contribution is 0.697. The van der Waals surface area contributed by atoms with Gasteiger partial charge in [0.1, 0.15) is 0 Å². The molecule has 0 aromatic carbocycles. The second-order valence-electron chi connectivity index (χ2n) is 3.96. The average Bonchev–Trinajstić information content (AvgIpc) is 2.53. The van der Waals surface area contributed by atoms with Crippen molar-refractivity contribution in [3.8, 4) is 0 Å². The molecule has 1 aliphatic carbocycles. The number of aliphatic imine (C=N–C) groups is 1. The molecule has 2 N–H and O–H groups in total. The van der Waals surface area contributed by atoms with Crippen LogP contribution in [0.5, 0.6) is 0 Å². The van der Waals surface area contributed by atoms with Gasteiger partial charge in [-0.1, -0.05) is 18.1 Å². The molecule has 0 atom stereocenters. The van der Waals surface area contributed by atoms with Gasteiger partial charge in [-0.25, -0.2) is 0 Å². The molecule has 0 spiro atoms. The van der Waals surface area contributed by atoms with Crippen molar-refractivity contribution in [2.45, 2.75) is 38.5 Å². The summed E-state index contributed by atoms with van der Waals surface area (Å²) < 4.78 is 0. The van der Waals surface area contributed by atoms with Crippen molar-refractivity contribution < 1.29 is 0 Å². The van der Waals surface area contributed by atoms with Crippen LogP contribution in [0.15, 0.2) is 16.6 Å². The van der Waals surface area contributed by atoms with Gasteiger partial charge in [0.05, 0.1) is 0 Å². The minimum absolute atomic E-state index is 0.879. The highest BCUT2D eigenvalue weighted by molar-refractivity contribution is 5.79. The van der Waals surface area contributed by atoms with E-state index in [0.717, 1.165) is 18.9 Å². The maximum Gasteiger partial charge on any atom is 0.190 e. The van der Waals surface area contributed by atoms with Gasteiger partial charge < -0.3 is 10.6 Å². The smallest absolute Gasteiger partial charge is 0.190 e. The zero-order chi connectivity index (χ0) is 10.9. The zero-order valence-corrected chi connectivity index (χ0v) is 9.97. The van der Waals surface area contributed by atoms with Gasteiger partial charge >= 0.3 is 0 Å². The maximum absolute atomic E-state index is 4.08. The molecule has 0 aromatic heterocycles. The molecule has 3 heteroatoms.